The van der Waals surface area contributed by atoms with Crippen LogP contribution in [0.5, 0.6) is 5.88 Å². The van der Waals surface area contributed by atoms with E-state index >= 15 is 0 Å². The van der Waals surface area contributed by atoms with E-state index in [4.69, 9.17) is 5.73 Å². The normalized spacial score (nSPS) is 15.0. The number of thiazole rings is 1. The van der Waals surface area contributed by atoms with Crippen LogP contribution in [0.4, 0.5) is 0 Å². The van der Waals surface area contributed by atoms with Crippen LogP contribution in [0.25, 0.3) is 17.7 Å². The SMILES string of the molecule is NC(=O)Cn1c(O)c(/C=C2\C(=O)C=Cc3ccccc32)sc1=O. The molecule has 1 aliphatic rings. The maximum absolute atomic E-state index is 12.2. The van der Waals surface area contributed by atoms with Gasteiger partial charge in [-0.15, -0.1) is 0 Å². The summed E-state index contributed by atoms with van der Waals surface area (Å²) in [7, 11) is 0. The molecule has 0 aliphatic heterocycles. The minimum atomic E-state index is -0.735. The number of nitrogens with zero attached hydrogens (tertiary/aromatic N) is 1. The molecule has 0 saturated carbocycles. The Labute approximate surface area is 134 Å². The second-order valence-corrected chi connectivity index (χ2v) is 5.94. The van der Waals surface area contributed by atoms with Gasteiger partial charge in [-0.25, -0.2) is 0 Å². The molecule has 0 fully saturated rings. The van der Waals surface area contributed by atoms with Crippen LogP contribution < -0.4 is 10.6 Å². The van der Waals surface area contributed by atoms with E-state index in [-0.39, 0.29) is 16.5 Å². The van der Waals surface area contributed by atoms with E-state index < -0.39 is 17.3 Å². The van der Waals surface area contributed by atoms with Gasteiger partial charge < -0.3 is 10.8 Å². The summed E-state index contributed by atoms with van der Waals surface area (Å²) < 4.78 is 0.883. The van der Waals surface area contributed by atoms with Crippen LogP contribution in [0.3, 0.4) is 0 Å². The molecular formula is C16H12N2O4S. The fourth-order valence-electron chi connectivity index (χ4n) is 2.36. The summed E-state index contributed by atoms with van der Waals surface area (Å²) in [5, 5.41) is 10.1. The van der Waals surface area contributed by atoms with Crippen LogP contribution >= 0.6 is 11.3 Å². The Bertz CT molecular complexity index is 934. The van der Waals surface area contributed by atoms with Gasteiger partial charge in [0.25, 0.3) is 0 Å². The number of ketones is 1. The third-order valence-corrected chi connectivity index (χ3v) is 4.33. The molecule has 1 aromatic carbocycles. The van der Waals surface area contributed by atoms with Crippen LogP contribution in [0, 0.1) is 0 Å². The van der Waals surface area contributed by atoms with Crippen molar-refractivity contribution < 1.29 is 14.7 Å². The minimum Gasteiger partial charge on any atom is -0.493 e. The lowest BCUT2D eigenvalue weighted by Gasteiger charge is -2.12. The first-order valence-electron chi connectivity index (χ1n) is 6.72. The number of allylic oxidation sites excluding steroid dienone is 2. The maximum Gasteiger partial charge on any atom is 0.311 e. The number of fused-ring (bicyclic) bond motifs is 1. The van der Waals surface area contributed by atoms with E-state index in [1.165, 1.54) is 12.2 Å². The molecule has 23 heavy (non-hydrogen) atoms. The molecular weight excluding hydrogens is 316 g/mol. The molecule has 3 rings (SSSR count). The molecule has 6 nitrogen and oxygen atoms in total. The van der Waals surface area contributed by atoms with Gasteiger partial charge in [-0.2, -0.15) is 0 Å². The summed E-state index contributed by atoms with van der Waals surface area (Å²) in [5.41, 5.74) is 7.04. The Kier molecular flexibility index (Phi) is 3.71. The zero-order chi connectivity index (χ0) is 16.6. The number of hydrogen-bond donors (Lipinski definition) is 2. The van der Waals surface area contributed by atoms with Crippen LogP contribution in [0.15, 0.2) is 35.1 Å². The van der Waals surface area contributed by atoms with Gasteiger partial charge in [0.05, 0.1) is 4.88 Å². The number of primary amides is 1. The zero-order valence-corrected chi connectivity index (χ0v) is 12.7. The molecule has 3 N–H and O–H groups in total. The predicted octanol–water partition coefficient (Wildman–Crippen LogP) is 1.24. The number of hydrogen-bond acceptors (Lipinski definition) is 5. The highest BCUT2D eigenvalue weighted by atomic mass is 32.1. The maximum atomic E-state index is 12.2. The van der Waals surface area contributed by atoms with Gasteiger partial charge >= 0.3 is 4.87 Å². The monoisotopic (exact) mass is 328 g/mol. The molecule has 0 radical (unpaired) electrons. The Morgan fingerprint density at radius 2 is 2.00 bits per heavy atom. The van der Waals surface area contributed by atoms with Gasteiger partial charge in [0, 0.05) is 5.57 Å². The second kappa shape index (κ2) is 5.69. The molecule has 7 heteroatoms. The van der Waals surface area contributed by atoms with Crippen molar-refractivity contribution >= 4 is 40.8 Å². The summed E-state index contributed by atoms with van der Waals surface area (Å²) in [6.45, 7) is -0.408. The van der Waals surface area contributed by atoms with Gasteiger partial charge in [-0.3, -0.25) is 19.0 Å². The van der Waals surface area contributed by atoms with Gasteiger partial charge in [-0.05, 0) is 23.3 Å². The molecule has 0 bridgehead atoms. The first-order chi connectivity index (χ1) is 11.0. The Balaban J connectivity index is 2.12. The fraction of sp³-hybridized carbons (Fsp3) is 0.0625. The highest BCUT2D eigenvalue weighted by Gasteiger charge is 2.20. The largest absolute Gasteiger partial charge is 0.493 e. The van der Waals surface area contributed by atoms with E-state index in [1.54, 1.807) is 18.2 Å². The lowest BCUT2D eigenvalue weighted by Crippen LogP contribution is -2.24. The van der Waals surface area contributed by atoms with Crippen LogP contribution in [-0.2, 0) is 16.1 Å². The van der Waals surface area contributed by atoms with Crippen molar-refractivity contribution in [1.82, 2.24) is 4.57 Å². The van der Waals surface area contributed by atoms with Gasteiger partial charge in [0.2, 0.25) is 11.8 Å². The van der Waals surface area contributed by atoms with Crippen molar-refractivity contribution in [2.45, 2.75) is 6.54 Å². The van der Waals surface area contributed by atoms with Crippen molar-refractivity contribution in [3.63, 3.8) is 0 Å². The van der Waals surface area contributed by atoms with E-state index in [9.17, 15) is 19.5 Å². The number of carbonyl (C=O) groups is 2. The van der Waals surface area contributed by atoms with E-state index in [0.717, 1.165) is 27.0 Å². The molecule has 1 aliphatic carbocycles. The molecule has 0 atom stereocenters. The number of amides is 1. The van der Waals surface area contributed by atoms with E-state index in [1.807, 2.05) is 12.1 Å². The molecule has 1 amide bonds. The lowest BCUT2D eigenvalue weighted by molar-refractivity contribution is -0.118. The number of carbonyl (C=O) groups excluding carboxylic acids is 2. The molecule has 2 aromatic rings. The van der Waals surface area contributed by atoms with Gasteiger partial charge in [0.1, 0.15) is 6.54 Å². The summed E-state index contributed by atoms with van der Waals surface area (Å²) >= 11 is 0.750. The number of rotatable bonds is 3. The molecule has 0 spiro atoms. The first-order valence-corrected chi connectivity index (χ1v) is 7.53. The average molecular weight is 328 g/mol. The summed E-state index contributed by atoms with van der Waals surface area (Å²) in [6.07, 6.45) is 4.62. The van der Waals surface area contributed by atoms with Gasteiger partial charge in [0.15, 0.2) is 5.78 Å². The highest BCUT2D eigenvalue weighted by Crippen LogP contribution is 2.31. The number of benzene rings is 1. The summed E-state index contributed by atoms with van der Waals surface area (Å²) in [6, 6.07) is 7.32. The van der Waals surface area contributed by atoms with E-state index in [2.05, 4.69) is 0 Å². The smallest absolute Gasteiger partial charge is 0.311 e. The van der Waals surface area contributed by atoms with Crippen LogP contribution in [0.2, 0.25) is 0 Å². The summed E-state index contributed by atoms with van der Waals surface area (Å²) in [5.74, 6) is -1.32. The fourth-order valence-corrected chi connectivity index (χ4v) is 3.19. The van der Waals surface area contributed by atoms with Gasteiger partial charge in [-0.1, -0.05) is 41.7 Å². The van der Waals surface area contributed by atoms with Crippen molar-refractivity contribution in [3.05, 3.63) is 56.0 Å². The number of aromatic hydroxyl groups is 1. The lowest BCUT2D eigenvalue weighted by atomic mass is 9.91. The zero-order valence-electron chi connectivity index (χ0n) is 11.9. The van der Waals surface area contributed by atoms with Crippen molar-refractivity contribution in [1.29, 1.82) is 0 Å². The summed E-state index contributed by atoms with van der Waals surface area (Å²) in [4.78, 5) is 34.7. The number of aromatic nitrogens is 1. The third-order valence-electron chi connectivity index (χ3n) is 3.41. The van der Waals surface area contributed by atoms with Crippen LogP contribution in [-0.4, -0.2) is 21.4 Å². The number of nitrogens with two attached hydrogens (primary N) is 1. The molecule has 1 aromatic heterocycles. The topological polar surface area (TPSA) is 102 Å². The van der Waals surface area contributed by atoms with Crippen molar-refractivity contribution in [2.75, 3.05) is 0 Å². The third kappa shape index (κ3) is 2.74. The van der Waals surface area contributed by atoms with E-state index in [0.29, 0.717) is 5.57 Å². The minimum absolute atomic E-state index is 0.213. The molecule has 116 valence electrons. The highest BCUT2D eigenvalue weighted by molar-refractivity contribution is 7.10. The predicted molar refractivity (Wildman–Crippen MR) is 87.8 cm³/mol. The Morgan fingerprint density at radius 3 is 2.74 bits per heavy atom. The molecule has 0 unspecified atom stereocenters. The molecule has 1 heterocycles. The van der Waals surface area contributed by atoms with Crippen LogP contribution in [0.1, 0.15) is 16.0 Å². The second-order valence-electron chi connectivity index (χ2n) is 4.95. The van der Waals surface area contributed by atoms with Crippen molar-refractivity contribution in [2.24, 2.45) is 5.73 Å². The quantitative estimate of drug-likeness (QED) is 0.827. The Hall–Kier alpha value is -2.93. The average Bonchev–Trinajstić information content (AvgIpc) is 2.77. The first kappa shape index (κ1) is 15.0. The Morgan fingerprint density at radius 1 is 1.26 bits per heavy atom. The van der Waals surface area contributed by atoms with Crippen molar-refractivity contribution in [3.8, 4) is 5.88 Å². The molecule has 0 saturated heterocycles. The standard InChI is InChI=1S/C16H12N2O4S/c17-14(20)8-18-15(21)13(23-16(18)22)7-11-10-4-2-1-3-9(10)5-6-12(11)19/h1-7,21H,8H2,(H2,17,20)/b11-7-.